The van der Waals surface area contributed by atoms with Crippen LogP contribution in [0.2, 0.25) is 0 Å². The Kier molecular flexibility index (Phi) is 70.5. The number of rotatable bonds is 72. The Hall–Kier alpha value is -5.06. The van der Waals surface area contributed by atoms with Crippen LogP contribution in [0.3, 0.4) is 0 Å². The third-order valence-corrected chi connectivity index (χ3v) is 17.7. The molecule has 19 heteroatoms. The smallest absolute Gasteiger partial charge is 0.462 e. The van der Waals surface area contributed by atoms with Gasteiger partial charge < -0.3 is 33.8 Å². The molecule has 582 valence electrons. The van der Waals surface area contributed by atoms with Gasteiger partial charge in [-0.3, -0.25) is 37.3 Å². The first-order valence-electron chi connectivity index (χ1n) is 39.1. The normalized spacial score (nSPS) is 14.7. The molecule has 0 aromatic rings. The molecule has 5 atom stereocenters. The molecule has 0 heterocycles. The zero-order chi connectivity index (χ0) is 74.6. The molecule has 5 unspecified atom stereocenters. The first-order chi connectivity index (χ1) is 49.7. The van der Waals surface area contributed by atoms with Crippen LogP contribution in [-0.2, 0) is 65.4 Å². The second-order valence-electron chi connectivity index (χ2n) is 25.5. The van der Waals surface area contributed by atoms with Gasteiger partial charge in [0.2, 0.25) is 0 Å². The second-order valence-corrected chi connectivity index (χ2v) is 28.4. The molecule has 0 aromatic carbocycles. The van der Waals surface area contributed by atoms with E-state index in [1.165, 1.54) is 38.5 Å². The lowest BCUT2D eigenvalue weighted by Crippen LogP contribution is -2.30. The van der Waals surface area contributed by atoms with Crippen molar-refractivity contribution in [2.75, 3.05) is 39.6 Å². The maximum absolute atomic E-state index is 13.1. The van der Waals surface area contributed by atoms with Gasteiger partial charge in [-0.25, -0.2) is 9.13 Å². The van der Waals surface area contributed by atoms with Crippen molar-refractivity contribution in [3.8, 4) is 0 Å². The van der Waals surface area contributed by atoms with E-state index in [-0.39, 0.29) is 25.7 Å². The minimum absolute atomic E-state index is 0.0648. The zero-order valence-corrected chi connectivity index (χ0v) is 65.3. The average Bonchev–Trinajstić information content (AvgIpc) is 0.924. The van der Waals surface area contributed by atoms with Crippen molar-refractivity contribution in [2.24, 2.45) is 0 Å². The molecule has 0 saturated heterocycles. The molecule has 3 N–H and O–H groups in total. The Morgan fingerprint density at radius 2 is 0.529 bits per heavy atom. The zero-order valence-electron chi connectivity index (χ0n) is 63.5. The molecule has 0 amide bonds. The van der Waals surface area contributed by atoms with Crippen LogP contribution in [0, 0.1) is 0 Å². The molecule has 0 spiro atoms. The minimum Gasteiger partial charge on any atom is -0.462 e. The summed E-state index contributed by atoms with van der Waals surface area (Å²) in [5, 5.41) is 10.6. The van der Waals surface area contributed by atoms with Gasteiger partial charge in [0.15, 0.2) is 12.2 Å². The molecule has 102 heavy (non-hydrogen) atoms. The molecular weight excluding hydrogens is 1330 g/mol. The number of unbranched alkanes of at least 4 members (excludes halogenated alkanes) is 22. The van der Waals surface area contributed by atoms with Crippen molar-refractivity contribution in [3.05, 3.63) is 146 Å². The number of esters is 4. The van der Waals surface area contributed by atoms with Crippen molar-refractivity contribution in [2.45, 2.75) is 316 Å². The van der Waals surface area contributed by atoms with Gasteiger partial charge in [0.1, 0.15) is 19.3 Å². The highest BCUT2D eigenvalue weighted by Gasteiger charge is 2.30. The third-order valence-electron chi connectivity index (χ3n) is 15.7. The summed E-state index contributed by atoms with van der Waals surface area (Å²) in [7, 11) is -9.99. The van der Waals surface area contributed by atoms with E-state index >= 15 is 0 Å². The largest absolute Gasteiger partial charge is 0.472 e. The monoisotopic (exact) mass is 1470 g/mol. The highest BCUT2D eigenvalue weighted by Crippen LogP contribution is 2.45. The maximum atomic E-state index is 13.1. The molecule has 0 aliphatic heterocycles. The standard InChI is InChI=1S/C83H138O17P2/c1-5-9-13-17-21-25-29-33-36-37-38-39-42-45-48-52-56-60-64-68-81(86)94-74-79(100-83(88)70-66-62-58-54-50-46-41-35-31-27-23-19-15-11-7-3)76-98-102(91,92)96-72-77(84)71-95-101(89,90)97-75-78(99-82(87)69-65-61-57-53-49-43-32-28-24-20-16-12-8-4)73-93-80(85)67-63-59-55-51-47-44-40-34-30-26-22-18-14-10-6-2/h9-10,13-14,16,20-22,25-26,28,32-36,38-41,45,47-48,51,77-79,84H,5-8,11-12,15,17-19,23-24,27,29-31,37,42-44,46,49-50,52-76H2,1-4H3,(H,89,90)(H,91,92)/b13-9-,14-10-,20-16-,25-21-,26-22-,32-28-,36-33-,39-38-,40-34-,41-35-,48-45-,51-47-. The Morgan fingerprint density at radius 3 is 0.863 bits per heavy atom. The van der Waals surface area contributed by atoms with Crippen LogP contribution in [0.25, 0.3) is 0 Å². The lowest BCUT2D eigenvalue weighted by molar-refractivity contribution is -0.161. The summed E-state index contributed by atoms with van der Waals surface area (Å²) in [6.07, 6.45) is 84.1. The first-order valence-corrected chi connectivity index (χ1v) is 42.1. The Bertz CT molecular complexity index is 2510. The van der Waals surface area contributed by atoms with Crippen LogP contribution in [0.1, 0.15) is 297 Å². The van der Waals surface area contributed by atoms with Crippen LogP contribution in [-0.4, -0.2) is 96.7 Å². The van der Waals surface area contributed by atoms with Crippen molar-refractivity contribution in [3.63, 3.8) is 0 Å². The molecule has 0 aromatic heterocycles. The molecule has 0 aliphatic carbocycles. The molecule has 0 bridgehead atoms. The highest BCUT2D eigenvalue weighted by atomic mass is 31.2. The van der Waals surface area contributed by atoms with Crippen molar-refractivity contribution < 1.29 is 80.2 Å². The van der Waals surface area contributed by atoms with Crippen molar-refractivity contribution in [1.82, 2.24) is 0 Å². The summed E-state index contributed by atoms with van der Waals surface area (Å²) in [6, 6.07) is 0. The summed E-state index contributed by atoms with van der Waals surface area (Å²) < 4.78 is 68.5. The molecule has 0 rings (SSSR count). The van der Waals surface area contributed by atoms with E-state index in [1.54, 1.807) is 0 Å². The number of carbonyl (C=O) groups is 4. The quantitative estimate of drug-likeness (QED) is 0.0169. The van der Waals surface area contributed by atoms with Gasteiger partial charge >= 0.3 is 39.5 Å². The summed E-state index contributed by atoms with van der Waals surface area (Å²) >= 11 is 0. The van der Waals surface area contributed by atoms with E-state index in [2.05, 4.69) is 174 Å². The predicted octanol–water partition coefficient (Wildman–Crippen LogP) is 22.7. The van der Waals surface area contributed by atoms with E-state index in [4.69, 9.17) is 37.0 Å². The SMILES string of the molecule is CC/C=C\C/C=C\C/C=C\C/C=C\C/C=C\CCCCCC(=O)OCC(COP(=O)(O)OCC(O)COP(=O)(O)OCC(COC(=O)CCCC/C=C\C/C=C\C/C=C\C/C=C\CC)OC(=O)CCCCCCC/C=C\C/C=C\CCC)OC(=O)CCCCCCC/C=C\CCCCCCCC. The topological polar surface area (TPSA) is 237 Å². The van der Waals surface area contributed by atoms with Gasteiger partial charge in [-0.15, -0.1) is 0 Å². The van der Waals surface area contributed by atoms with E-state index in [9.17, 15) is 43.2 Å². The number of allylic oxidation sites excluding steroid dienone is 24. The molecular formula is C83H138O17P2. The number of phosphoric acid groups is 2. The Morgan fingerprint density at radius 1 is 0.284 bits per heavy atom. The second kappa shape index (κ2) is 74.2. The number of carbonyl (C=O) groups excluding carboxylic acids is 4. The van der Waals surface area contributed by atoms with Crippen LogP contribution in [0.15, 0.2) is 146 Å². The fraction of sp³-hybridized carbons (Fsp3) is 0.663. The van der Waals surface area contributed by atoms with E-state index in [1.807, 2.05) is 0 Å². The number of hydrogen-bond donors (Lipinski definition) is 3. The Balaban J connectivity index is 5.43. The van der Waals surface area contributed by atoms with Crippen LogP contribution < -0.4 is 0 Å². The molecule has 0 fully saturated rings. The fourth-order valence-electron chi connectivity index (χ4n) is 9.86. The van der Waals surface area contributed by atoms with Crippen molar-refractivity contribution >= 4 is 39.5 Å². The lowest BCUT2D eigenvalue weighted by atomic mass is 10.1. The summed E-state index contributed by atoms with van der Waals surface area (Å²) in [4.78, 5) is 72.9. The third kappa shape index (κ3) is 73.3. The van der Waals surface area contributed by atoms with E-state index in [0.717, 1.165) is 180 Å². The van der Waals surface area contributed by atoms with Crippen molar-refractivity contribution in [1.29, 1.82) is 0 Å². The number of aliphatic hydroxyl groups is 1. The number of ether oxygens (including phenoxy) is 4. The molecule has 0 aliphatic rings. The molecule has 0 radical (unpaired) electrons. The maximum Gasteiger partial charge on any atom is 0.472 e. The van der Waals surface area contributed by atoms with Crippen LogP contribution in [0.4, 0.5) is 0 Å². The molecule has 17 nitrogen and oxygen atoms in total. The minimum atomic E-state index is -4.99. The van der Waals surface area contributed by atoms with E-state index < -0.39 is 97.5 Å². The number of hydrogen-bond acceptors (Lipinski definition) is 15. The van der Waals surface area contributed by atoms with Crippen LogP contribution >= 0.6 is 15.6 Å². The lowest BCUT2D eigenvalue weighted by Gasteiger charge is -2.21. The molecule has 0 saturated carbocycles. The average molecular weight is 1470 g/mol. The highest BCUT2D eigenvalue weighted by molar-refractivity contribution is 7.47. The van der Waals surface area contributed by atoms with E-state index in [0.29, 0.717) is 25.7 Å². The van der Waals surface area contributed by atoms with Gasteiger partial charge in [0.25, 0.3) is 0 Å². The fourth-order valence-corrected chi connectivity index (χ4v) is 11.4. The van der Waals surface area contributed by atoms with Gasteiger partial charge in [-0.1, -0.05) is 257 Å². The number of aliphatic hydroxyl groups excluding tert-OH is 1. The van der Waals surface area contributed by atoms with Gasteiger partial charge in [0.05, 0.1) is 26.4 Å². The summed E-state index contributed by atoms with van der Waals surface area (Å²) in [5.41, 5.74) is 0. The van der Waals surface area contributed by atoms with Gasteiger partial charge in [-0.05, 0) is 161 Å². The Labute approximate surface area is 617 Å². The number of phosphoric ester groups is 2. The summed E-state index contributed by atoms with van der Waals surface area (Å²) in [6.45, 7) is 4.46. The summed E-state index contributed by atoms with van der Waals surface area (Å²) in [5.74, 6) is -2.29. The van der Waals surface area contributed by atoms with Gasteiger partial charge in [-0.2, -0.15) is 0 Å². The first kappa shape index (κ1) is 96.9. The predicted molar refractivity (Wildman–Crippen MR) is 417 cm³/mol. The van der Waals surface area contributed by atoms with Gasteiger partial charge in [0, 0.05) is 25.7 Å². The van der Waals surface area contributed by atoms with Crippen LogP contribution in [0.5, 0.6) is 0 Å².